The van der Waals surface area contributed by atoms with Crippen LogP contribution in [0.25, 0.3) is 10.2 Å². The lowest BCUT2D eigenvalue weighted by Crippen LogP contribution is -2.45. The van der Waals surface area contributed by atoms with Gasteiger partial charge in [-0.3, -0.25) is 9.59 Å². The molecular formula is C22H19N3O4S. The highest BCUT2D eigenvalue weighted by Crippen LogP contribution is 2.29. The van der Waals surface area contributed by atoms with Crippen LogP contribution in [0.5, 0.6) is 5.75 Å². The largest absolute Gasteiger partial charge is 0.497 e. The van der Waals surface area contributed by atoms with E-state index in [1.807, 2.05) is 48.5 Å². The Hall–Kier alpha value is -3.65. The minimum atomic E-state index is -0.799. The number of carbonyl (C=O) groups is 2. The Bertz CT molecular complexity index is 1160. The Kier molecular flexibility index (Phi) is 5.76. The van der Waals surface area contributed by atoms with Gasteiger partial charge in [-0.15, -0.1) is 0 Å². The van der Waals surface area contributed by atoms with E-state index in [1.165, 1.54) is 17.6 Å². The number of fused-ring (bicyclic) bond motifs is 1. The van der Waals surface area contributed by atoms with Crippen LogP contribution in [-0.4, -0.2) is 29.9 Å². The first-order valence-corrected chi connectivity index (χ1v) is 10.1. The van der Waals surface area contributed by atoms with Crippen LogP contribution in [0, 0.1) is 0 Å². The Morgan fingerprint density at radius 2 is 1.97 bits per heavy atom. The molecule has 0 aliphatic heterocycles. The first-order chi connectivity index (χ1) is 14.6. The maximum absolute atomic E-state index is 13.0. The van der Waals surface area contributed by atoms with Crippen LogP contribution in [0.15, 0.2) is 71.3 Å². The van der Waals surface area contributed by atoms with Gasteiger partial charge in [0, 0.05) is 6.42 Å². The Balaban J connectivity index is 1.54. The molecule has 2 heterocycles. The fourth-order valence-electron chi connectivity index (χ4n) is 2.97. The van der Waals surface area contributed by atoms with E-state index in [0.29, 0.717) is 11.6 Å². The lowest BCUT2D eigenvalue weighted by atomic mass is 10.1. The van der Waals surface area contributed by atoms with Crippen molar-refractivity contribution in [2.24, 2.45) is 0 Å². The van der Waals surface area contributed by atoms with Crippen LogP contribution in [0.4, 0.5) is 5.13 Å². The fraction of sp³-hybridized carbons (Fsp3) is 0.136. The number of anilines is 1. The number of nitrogens with one attached hydrogen (secondary N) is 2. The molecule has 4 rings (SSSR count). The van der Waals surface area contributed by atoms with Crippen LogP contribution in [0.2, 0.25) is 0 Å². The normalized spacial score (nSPS) is 11.8. The zero-order chi connectivity index (χ0) is 20.9. The number of amides is 2. The molecule has 0 aliphatic rings. The molecule has 0 spiro atoms. The fourth-order valence-corrected chi connectivity index (χ4v) is 3.87. The second-order valence-corrected chi connectivity index (χ2v) is 7.57. The lowest BCUT2D eigenvalue weighted by Gasteiger charge is -2.17. The van der Waals surface area contributed by atoms with Crippen LogP contribution >= 0.6 is 11.3 Å². The maximum Gasteiger partial charge on any atom is 0.287 e. The summed E-state index contributed by atoms with van der Waals surface area (Å²) in [6, 6.07) is 17.4. The van der Waals surface area contributed by atoms with Crippen molar-refractivity contribution < 1.29 is 18.7 Å². The molecule has 0 saturated heterocycles. The number of benzene rings is 2. The van der Waals surface area contributed by atoms with E-state index in [-0.39, 0.29) is 11.7 Å². The number of hydrogen-bond acceptors (Lipinski definition) is 6. The molecule has 0 fully saturated rings. The number of rotatable bonds is 7. The summed E-state index contributed by atoms with van der Waals surface area (Å²) < 4.78 is 11.3. The quantitative estimate of drug-likeness (QED) is 0.472. The lowest BCUT2D eigenvalue weighted by molar-refractivity contribution is -0.118. The predicted molar refractivity (Wildman–Crippen MR) is 115 cm³/mol. The van der Waals surface area contributed by atoms with Crippen molar-refractivity contribution >= 4 is 38.5 Å². The summed E-state index contributed by atoms with van der Waals surface area (Å²) in [6.07, 6.45) is 1.74. The summed E-state index contributed by atoms with van der Waals surface area (Å²) in [6.45, 7) is 0. The zero-order valence-corrected chi connectivity index (χ0v) is 16.9. The molecule has 2 aromatic heterocycles. The number of ether oxygens (including phenoxy) is 1. The summed E-state index contributed by atoms with van der Waals surface area (Å²) >= 11 is 1.34. The second kappa shape index (κ2) is 8.79. The maximum atomic E-state index is 13.0. The third-order valence-corrected chi connectivity index (χ3v) is 5.41. The van der Waals surface area contributed by atoms with Crippen molar-refractivity contribution in [2.45, 2.75) is 12.5 Å². The number of nitrogens with zero attached hydrogens (tertiary/aromatic N) is 1. The molecule has 2 N–H and O–H groups in total. The molecule has 0 unspecified atom stereocenters. The number of aromatic nitrogens is 1. The minimum Gasteiger partial charge on any atom is -0.497 e. The van der Waals surface area contributed by atoms with E-state index in [1.54, 1.807) is 19.2 Å². The number of hydrogen-bond donors (Lipinski definition) is 2. The average molecular weight is 421 g/mol. The van der Waals surface area contributed by atoms with Gasteiger partial charge in [0.2, 0.25) is 5.91 Å². The van der Waals surface area contributed by atoms with Gasteiger partial charge in [-0.05, 0) is 35.9 Å². The standard InChI is InChI=1S/C22H19N3O4S/c1-28-15-9-10-16-19(13-15)30-22(24-16)25-20(26)17(12-14-6-3-2-4-7-14)23-21(27)18-8-5-11-29-18/h2-11,13,17H,12H2,1H3,(H,23,27)(H,24,25,26)/t17-/m0/s1. The van der Waals surface area contributed by atoms with Gasteiger partial charge in [0.25, 0.3) is 5.91 Å². The highest BCUT2D eigenvalue weighted by Gasteiger charge is 2.24. The second-order valence-electron chi connectivity index (χ2n) is 6.53. The molecule has 4 aromatic rings. The Labute approximate surface area is 176 Å². The first kappa shape index (κ1) is 19.7. The molecule has 1 atom stereocenters. The van der Waals surface area contributed by atoms with Crippen molar-refractivity contribution in [3.05, 3.63) is 78.3 Å². The van der Waals surface area contributed by atoms with Gasteiger partial charge in [-0.25, -0.2) is 4.98 Å². The molecular weight excluding hydrogens is 402 g/mol. The molecule has 0 saturated carbocycles. The number of methoxy groups -OCH3 is 1. The van der Waals surface area contributed by atoms with Gasteiger partial charge in [-0.2, -0.15) is 0 Å². The van der Waals surface area contributed by atoms with E-state index >= 15 is 0 Å². The Morgan fingerprint density at radius 1 is 1.13 bits per heavy atom. The van der Waals surface area contributed by atoms with E-state index in [2.05, 4.69) is 15.6 Å². The van der Waals surface area contributed by atoms with Gasteiger partial charge < -0.3 is 19.8 Å². The number of thiazole rings is 1. The molecule has 152 valence electrons. The topological polar surface area (TPSA) is 93.5 Å². The average Bonchev–Trinajstić information content (AvgIpc) is 3.43. The van der Waals surface area contributed by atoms with Crippen LogP contribution in [0.1, 0.15) is 16.1 Å². The van der Waals surface area contributed by atoms with Gasteiger partial charge in [0.05, 0.1) is 23.6 Å². The third kappa shape index (κ3) is 4.49. The molecule has 2 aromatic carbocycles. The van der Waals surface area contributed by atoms with Crippen LogP contribution in [0.3, 0.4) is 0 Å². The minimum absolute atomic E-state index is 0.146. The number of furan rings is 1. The van der Waals surface area contributed by atoms with Gasteiger partial charge in [0.1, 0.15) is 11.8 Å². The van der Waals surface area contributed by atoms with E-state index in [0.717, 1.165) is 21.5 Å². The first-order valence-electron chi connectivity index (χ1n) is 9.26. The molecule has 0 bridgehead atoms. The summed E-state index contributed by atoms with van der Waals surface area (Å²) in [5, 5.41) is 6.03. The van der Waals surface area contributed by atoms with E-state index < -0.39 is 11.9 Å². The molecule has 8 heteroatoms. The van der Waals surface area contributed by atoms with Gasteiger partial charge >= 0.3 is 0 Å². The molecule has 0 radical (unpaired) electrons. The van der Waals surface area contributed by atoms with Crippen LogP contribution < -0.4 is 15.4 Å². The summed E-state index contributed by atoms with van der Waals surface area (Å²) in [5.41, 5.74) is 1.68. The predicted octanol–water partition coefficient (Wildman–Crippen LogP) is 3.88. The molecule has 30 heavy (non-hydrogen) atoms. The summed E-state index contributed by atoms with van der Waals surface area (Å²) in [4.78, 5) is 29.9. The van der Waals surface area contributed by atoms with E-state index in [4.69, 9.17) is 9.15 Å². The third-order valence-electron chi connectivity index (χ3n) is 4.48. The smallest absolute Gasteiger partial charge is 0.287 e. The number of carbonyl (C=O) groups excluding carboxylic acids is 2. The monoisotopic (exact) mass is 421 g/mol. The van der Waals surface area contributed by atoms with Gasteiger partial charge in [0.15, 0.2) is 10.9 Å². The van der Waals surface area contributed by atoms with Crippen molar-refractivity contribution in [1.29, 1.82) is 0 Å². The molecule has 7 nitrogen and oxygen atoms in total. The van der Waals surface area contributed by atoms with Crippen molar-refractivity contribution in [3.8, 4) is 5.75 Å². The highest BCUT2D eigenvalue weighted by atomic mass is 32.1. The van der Waals surface area contributed by atoms with Crippen LogP contribution in [-0.2, 0) is 11.2 Å². The molecule has 0 aliphatic carbocycles. The zero-order valence-electron chi connectivity index (χ0n) is 16.1. The highest BCUT2D eigenvalue weighted by molar-refractivity contribution is 7.22. The Morgan fingerprint density at radius 3 is 2.70 bits per heavy atom. The van der Waals surface area contributed by atoms with E-state index in [9.17, 15) is 9.59 Å². The molecule has 2 amide bonds. The summed E-state index contributed by atoms with van der Waals surface area (Å²) in [7, 11) is 1.60. The summed E-state index contributed by atoms with van der Waals surface area (Å²) in [5.74, 6) is 0.0551. The SMILES string of the molecule is COc1ccc2nc(NC(=O)[C@H](Cc3ccccc3)NC(=O)c3ccco3)sc2c1. The van der Waals surface area contributed by atoms with Crippen molar-refractivity contribution in [1.82, 2.24) is 10.3 Å². The van der Waals surface area contributed by atoms with Gasteiger partial charge in [-0.1, -0.05) is 41.7 Å². The van der Waals surface area contributed by atoms with Crippen molar-refractivity contribution in [3.63, 3.8) is 0 Å². The van der Waals surface area contributed by atoms with Crippen molar-refractivity contribution in [2.75, 3.05) is 12.4 Å².